The first kappa shape index (κ1) is 21.6. The molecule has 0 aliphatic carbocycles. The molecular weight excluding hydrogens is 442 g/mol. The Balaban J connectivity index is 1.68. The molecule has 0 saturated heterocycles. The minimum Gasteiger partial charge on any atom is -0.494 e. The van der Waals surface area contributed by atoms with Gasteiger partial charge in [0.05, 0.1) is 40.1 Å². The summed E-state index contributed by atoms with van der Waals surface area (Å²) in [6.07, 6.45) is 5.63. The summed E-state index contributed by atoms with van der Waals surface area (Å²) in [5, 5.41) is 0.763. The van der Waals surface area contributed by atoms with Crippen molar-refractivity contribution in [2.24, 2.45) is 4.99 Å². The molecule has 0 N–H and O–H groups in total. The molecule has 166 valence electrons. The predicted octanol–water partition coefficient (Wildman–Crippen LogP) is 5.69. The molecule has 0 saturated carbocycles. The van der Waals surface area contributed by atoms with E-state index >= 15 is 0 Å². The van der Waals surface area contributed by atoms with E-state index in [1.807, 2.05) is 90.4 Å². The molecule has 5 nitrogen and oxygen atoms in total. The highest BCUT2D eigenvalue weighted by atomic mass is 32.1. The van der Waals surface area contributed by atoms with Crippen LogP contribution in [0.5, 0.6) is 5.75 Å². The van der Waals surface area contributed by atoms with Crippen molar-refractivity contribution in [1.29, 1.82) is 0 Å². The zero-order valence-electron chi connectivity index (χ0n) is 18.6. The smallest absolute Gasteiger partial charge is 0.280 e. The summed E-state index contributed by atoms with van der Waals surface area (Å²) in [5.41, 5.74) is 3.84. The van der Waals surface area contributed by atoms with Gasteiger partial charge in [-0.1, -0.05) is 65.8 Å². The highest BCUT2D eigenvalue weighted by Gasteiger charge is 2.15. The molecule has 2 aromatic heterocycles. The van der Waals surface area contributed by atoms with E-state index in [1.54, 1.807) is 0 Å². The van der Waals surface area contributed by atoms with Gasteiger partial charge in [-0.25, -0.2) is 4.98 Å². The van der Waals surface area contributed by atoms with Gasteiger partial charge in [-0.05, 0) is 37.3 Å². The van der Waals surface area contributed by atoms with Crippen molar-refractivity contribution in [3.05, 3.63) is 89.2 Å². The molecular formula is C28H21N3O2S. The van der Waals surface area contributed by atoms with Crippen molar-refractivity contribution >= 4 is 38.4 Å². The Morgan fingerprint density at radius 3 is 2.68 bits per heavy atom. The number of pyridine rings is 1. The maximum Gasteiger partial charge on any atom is 0.280 e. The van der Waals surface area contributed by atoms with Crippen LogP contribution < -0.4 is 9.54 Å². The summed E-state index contributed by atoms with van der Waals surface area (Å²) < 4.78 is 8.47. The minimum atomic E-state index is -0.335. The van der Waals surface area contributed by atoms with Crippen molar-refractivity contribution < 1.29 is 9.53 Å². The Morgan fingerprint density at radius 2 is 1.88 bits per heavy atom. The molecule has 2 heterocycles. The summed E-state index contributed by atoms with van der Waals surface area (Å²) in [5.74, 6) is 3.11. The average molecular weight is 464 g/mol. The fraction of sp³-hybridized carbons (Fsp3) is 0.107. The number of benzene rings is 3. The number of amides is 1. The van der Waals surface area contributed by atoms with Gasteiger partial charge < -0.3 is 9.30 Å². The van der Waals surface area contributed by atoms with Gasteiger partial charge in [-0.2, -0.15) is 4.99 Å². The molecule has 34 heavy (non-hydrogen) atoms. The third-order valence-corrected chi connectivity index (χ3v) is 6.47. The van der Waals surface area contributed by atoms with E-state index < -0.39 is 0 Å². The van der Waals surface area contributed by atoms with Gasteiger partial charge >= 0.3 is 0 Å². The standard InChI is InChI=1S/C28H21N3O2S/c1-3-16-31-25-15-14-20(33-4-2)17-26(25)34-28(31)30-27(32)22-18-24(19-10-6-5-7-11-19)29-23-13-9-8-12-21(22)23/h1,5-15,17-18H,4,16H2,2H3. The molecule has 0 bridgehead atoms. The molecule has 0 aliphatic heterocycles. The van der Waals surface area contributed by atoms with E-state index in [0.717, 1.165) is 38.1 Å². The largest absolute Gasteiger partial charge is 0.494 e. The molecule has 0 unspecified atom stereocenters. The molecule has 5 aromatic rings. The average Bonchev–Trinajstić information content (AvgIpc) is 3.20. The van der Waals surface area contributed by atoms with E-state index in [-0.39, 0.29) is 5.91 Å². The van der Waals surface area contributed by atoms with Gasteiger partial charge in [0.25, 0.3) is 5.91 Å². The van der Waals surface area contributed by atoms with Crippen LogP contribution in [0.1, 0.15) is 17.3 Å². The molecule has 0 radical (unpaired) electrons. The van der Waals surface area contributed by atoms with Crippen LogP contribution in [0.2, 0.25) is 0 Å². The van der Waals surface area contributed by atoms with Crippen LogP contribution in [0.15, 0.2) is 83.9 Å². The summed E-state index contributed by atoms with van der Waals surface area (Å²) in [7, 11) is 0. The first-order valence-electron chi connectivity index (χ1n) is 10.9. The Morgan fingerprint density at radius 1 is 1.09 bits per heavy atom. The number of nitrogens with zero attached hydrogens (tertiary/aromatic N) is 3. The number of fused-ring (bicyclic) bond motifs is 2. The van der Waals surface area contributed by atoms with E-state index in [9.17, 15) is 4.79 Å². The lowest BCUT2D eigenvalue weighted by molar-refractivity contribution is 0.0999. The van der Waals surface area contributed by atoms with Crippen molar-refractivity contribution in [1.82, 2.24) is 9.55 Å². The summed E-state index contributed by atoms with van der Waals surface area (Å²) in [4.78, 5) is 23.4. The molecule has 3 aromatic carbocycles. The number of ether oxygens (including phenoxy) is 1. The van der Waals surface area contributed by atoms with Crippen LogP contribution in [0.4, 0.5) is 0 Å². The topological polar surface area (TPSA) is 56.5 Å². The lowest BCUT2D eigenvalue weighted by atomic mass is 10.0. The summed E-state index contributed by atoms with van der Waals surface area (Å²) in [6.45, 7) is 2.83. The van der Waals surface area contributed by atoms with Crippen molar-refractivity contribution in [2.75, 3.05) is 6.61 Å². The van der Waals surface area contributed by atoms with E-state index in [1.165, 1.54) is 11.3 Å². The fourth-order valence-corrected chi connectivity index (χ4v) is 4.95. The van der Waals surface area contributed by atoms with Gasteiger partial charge in [-0.3, -0.25) is 4.79 Å². The molecule has 6 heteroatoms. The number of terminal acetylenes is 1. The van der Waals surface area contributed by atoms with Crippen LogP contribution >= 0.6 is 11.3 Å². The zero-order valence-corrected chi connectivity index (χ0v) is 19.4. The lowest BCUT2D eigenvalue weighted by Gasteiger charge is -2.07. The number of para-hydroxylation sites is 1. The quantitative estimate of drug-likeness (QED) is 0.315. The monoisotopic (exact) mass is 463 g/mol. The van der Waals surface area contributed by atoms with Gasteiger partial charge in [-0.15, -0.1) is 6.42 Å². The Labute approximate surface area is 201 Å². The van der Waals surface area contributed by atoms with E-state index in [0.29, 0.717) is 23.5 Å². The van der Waals surface area contributed by atoms with Crippen LogP contribution in [0.3, 0.4) is 0 Å². The molecule has 0 atom stereocenters. The van der Waals surface area contributed by atoms with Gasteiger partial charge in [0.1, 0.15) is 5.75 Å². The number of thiazole rings is 1. The Bertz CT molecular complexity index is 1630. The fourth-order valence-electron chi connectivity index (χ4n) is 3.90. The molecule has 0 aliphatic rings. The number of aromatic nitrogens is 2. The summed E-state index contributed by atoms with van der Waals surface area (Å²) in [6, 6.07) is 25.1. The van der Waals surface area contributed by atoms with Crippen LogP contribution in [0, 0.1) is 12.3 Å². The maximum absolute atomic E-state index is 13.5. The molecule has 0 fully saturated rings. The number of hydrogen-bond donors (Lipinski definition) is 0. The predicted molar refractivity (Wildman–Crippen MR) is 137 cm³/mol. The Hall–Kier alpha value is -4.21. The first-order chi connectivity index (χ1) is 16.7. The Kier molecular flexibility index (Phi) is 5.94. The van der Waals surface area contributed by atoms with E-state index in [4.69, 9.17) is 16.1 Å². The number of rotatable bonds is 5. The minimum absolute atomic E-state index is 0.312. The van der Waals surface area contributed by atoms with Crippen molar-refractivity contribution in [2.45, 2.75) is 13.5 Å². The van der Waals surface area contributed by atoms with Crippen LogP contribution in [-0.2, 0) is 6.54 Å². The second-order valence-electron chi connectivity index (χ2n) is 7.59. The zero-order chi connectivity index (χ0) is 23.5. The molecule has 5 rings (SSSR count). The SMILES string of the molecule is C#CCn1c(=NC(=O)c2cc(-c3ccccc3)nc3ccccc23)sc2cc(OCC)ccc21. The van der Waals surface area contributed by atoms with Crippen molar-refractivity contribution in [3.8, 4) is 29.4 Å². The maximum atomic E-state index is 13.5. The van der Waals surface area contributed by atoms with Gasteiger partial charge in [0.15, 0.2) is 4.80 Å². The summed E-state index contributed by atoms with van der Waals surface area (Å²) >= 11 is 1.42. The lowest BCUT2D eigenvalue weighted by Crippen LogP contribution is -2.16. The third kappa shape index (κ3) is 4.09. The van der Waals surface area contributed by atoms with Crippen LogP contribution in [0.25, 0.3) is 32.4 Å². The highest BCUT2D eigenvalue weighted by molar-refractivity contribution is 7.16. The molecule has 0 spiro atoms. The molecule has 1 amide bonds. The van der Waals surface area contributed by atoms with E-state index in [2.05, 4.69) is 10.9 Å². The number of carbonyl (C=O) groups excluding carboxylic acids is 1. The van der Waals surface area contributed by atoms with Gasteiger partial charge in [0.2, 0.25) is 0 Å². The highest BCUT2D eigenvalue weighted by Crippen LogP contribution is 2.26. The first-order valence-corrected chi connectivity index (χ1v) is 11.7. The second-order valence-corrected chi connectivity index (χ2v) is 8.60. The second kappa shape index (κ2) is 9.34. The third-order valence-electron chi connectivity index (χ3n) is 5.43. The van der Waals surface area contributed by atoms with Crippen LogP contribution in [-0.4, -0.2) is 22.1 Å². The van der Waals surface area contributed by atoms with Crippen molar-refractivity contribution in [3.63, 3.8) is 0 Å². The normalized spacial score (nSPS) is 11.6. The van der Waals surface area contributed by atoms with Gasteiger partial charge in [0, 0.05) is 10.9 Å². The number of hydrogen-bond acceptors (Lipinski definition) is 4. The number of carbonyl (C=O) groups is 1.